The van der Waals surface area contributed by atoms with Gasteiger partial charge in [0.2, 0.25) is 11.9 Å². The number of hydrogen-bond donors (Lipinski definition) is 4. The molecule has 0 fully saturated rings. The Kier molecular flexibility index (Phi) is 6.57. The molecular formula is C14H25N7O3. The van der Waals surface area contributed by atoms with Gasteiger partial charge in [-0.05, 0) is 33.6 Å². The average Bonchev–Trinajstić information content (AvgIpc) is 2.93. The first-order chi connectivity index (χ1) is 11.1. The zero-order chi connectivity index (χ0) is 18.3. The van der Waals surface area contributed by atoms with Crippen LogP contribution in [0.4, 0.5) is 4.79 Å². The van der Waals surface area contributed by atoms with E-state index in [1.54, 1.807) is 37.8 Å². The maximum Gasteiger partial charge on any atom is 0.408 e. The Morgan fingerprint density at radius 1 is 1.42 bits per heavy atom. The van der Waals surface area contributed by atoms with Gasteiger partial charge in [0.05, 0.1) is 0 Å². The van der Waals surface area contributed by atoms with Crippen LogP contribution in [0, 0.1) is 5.41 Å². The van der Waals surface area contributed by atoms with Gasteiger partial charge in [-0.15, -0.1) is 0 Å². The Morgan fingerprint density at radius 2 is 2.08 bits per heavy atom. The van der Waals surface area contributed by atoms with Gasteiger partial charge in [0, 0.05) is 18.9 Å². The fraction of sp³-hybridized carbons (Fsp3) is 0.571. The number of ether oxygens (including phenoxy) is 1. The van der Waals surface area contributed by atoms with Gasteiger partial charge in [0.15, 0.2) is 0 Å². The minimum absolute atomic E-state index is 0.163. The molecule has 24 heavy (non-hydrogen) atoms. The monoisotopic (exact) mass is 339 g/mol. The van der Waals surface area contributed by atoms with Crippen molar-refractivity contribution >= 4 is 18.0 Å². The van der Waals surface area contributed by atoms with Crippen molar-refractivity contribution in [1.82, 2.24) is 15.0 Å². The number of hydrogen-bond acceptors (Lipinski definition) is 5. The van der Waals surface area contributed by atoms with E-state index >= 15 is 0 Å². The summed E-state index contributed by atoms with van der Waals surface area (Å²) in [5.41, 5.74) is 10.2. The number of nitrogens with two attached hydrogens (primary N) is 2. The van der Waals surface area contributed by atoms with Crippen molar-refractivity contribution in [2.75, 3.05) is 11.6 Å². The highest BCUT2D eigenvalue weighted by Crippen LogP contribution is 2.08. The molecule has 0 aromatic carbocycles. The maximum absolute atomic E-state index is 11.7. The van der Waals surface area contributed by atoms with E-state index in [1.165, 1.54) is 11.3 Å². The third-order valence-corrected chi connectivity index (χ3v) is 2.94. The molecule has 1 atom stereocenters. The lowest BCUT2D eigenvalue weighted by Crippen LogP contribution is -2.48. The summed E-state index contributed by atoms with van der Waals surface area (Å²) in [7, 11) is 0. The highest BCUT2D eigenvalue weighted by molar-refractivity contribution is 5.85. The summed E-state index contributed by atoms with van der Waals surface area (Å²) in [5.74, 6) is -0.818. The molecule has 134 valence electrons. The van der Waals surface area contributed by atoms with Gasteiger partial charge in [0.25, 0.3) is 0 Å². The number of alkyl carbamates (subject to hydrolysis) is 1. The van der Waals surface area contributed by atoms with Crippen LogP contribution in [-0.4, -0.2) is 45.8 Å². The molecule has 10 heteroatoms. The number of nitrogens with one attached hydrogen (secondary N) is 2. The van der Waals surface area contributed by atoms with E-state index in [0.29, 0.717) is 13.0 Å². The van der Waals surface area contributed by atoms with Gasteiger partial charge < -0.3 is 21.5 Å². The molecule has 0 aliphatic carbocycles. The number of imidazole rings is 1. The minimum Gasteiger partial charge on any atom is -0.444 e. The number of amides is 2. The molecule has 1 heterocycles. The molecule has 1 aromatic heterocycles. The van der Waals surface area contributed by atoms with Crippen molar-refractivity contribution in [3.8, 4) is 0 Å². The number of guanidine groups is 1. The van der Waals surface area contributed by atoms with Crippen LogP contribution in [0.3, 0.4) is 0 Å². The van der Waals surface area contributed by atoms with E-state index in [0.717, 1.165) is 0 Å². The summed E-state index contributed by atoms with van der Waals surface area (Å²) in [6.45, 7) is 5.52. The van der Waals surface area contributed by atoms with Crippen molar-refractivity contribution in [1.29, 1.82) is 5.41 Å². The molecule has 0 aliphatic rings. The van der Waals surface area contributed by atoms with Crippen LogP contribution in [0.2, 0.25) is 0 Å². The van der Waals surface area contributed by atoms with Crippen molar-refractivity contribution in [2.24, 2.45) is 11.5 Å². The number of nitrogens with zero attached hydrogens (tertiary/aromatic N) is 3. The predicted molar refractivity (Wildman–Crippen MR) is 88.8 cm³/mol. The second-order valence-electron chi connectivity index (χ2n) is 6.19. The SMILES string of the molecule is CC(C)(C)OC(=O)N[C@@H](CCCN(C(=N)N)n1ccnc1)C(N)=O. The van der Waals surface area contributed by atoms with E-state index in [2.05, 4.69) is 10.3 Å². The van der Waals surface area contributed by atoms with Crippen LogP contribution in [-0.2, 0) is 9.53 Å². The van der Waals surface area contributed by atoms with E-state index in [4.69, 9.17) is 21.6 Å². The fourth-order valence-electron chi connectivity index (χ4n) is 1.94. The molecule has 0 spiro atoms. The fourth-order valence-corrected chi connectivity index (χ4v) is 1.94. The highest BCUT2D eigenvalue weighted by atomic mass is 16.6. The van der Waals surface area contributed by atoms with Crippen molar-refractivity contribution in [3.05, 3.63) is 18.7 Å². The van der Waals surface area contributed by atoms with Gasteiger partial charge in [-0.25, -0.2) is 19.5 Å². The Balaban J connectivity index is 2.56. The van der Waals surface area contributed by atoms with Gasteiger partial charge in [0.1, 0.15) is 18.0 Å². The molecule has 1 rings (SSSR count). The predicted octanol–water partition coefficient (Wildman–Crippen LogP) is -0.127. The average molecular weight is 339 g/mol. The normalized spacial score (nSPS) is 12.3. The lowest BCUT2D eigenvalue weighted by molar-refractivity contribution is -0.120. The van der Waals surface area contributed by atoms with Gasteiger partial charge in [-0.1, -0.05) is 0 Å². The zero-order valence-electron chi connectivity index (χ0n) is 14.2. The molecule has 1 aromatic rings. The summed E-state index contributed by atoms with van der Waals surface area (Å²) >= 11 is 0. The molecular weight excluding hydrogens is 314 g/mol. The second-order valence-corrected chi connectivity index (χ2v) is 6.19. The molecule has 6 N–H and O–H groups in total. The summed E-state index contributed by atoms with van der Waals surface area (Å²) in [6.07, 6.45) is 4.75. The molecule has 10 nitrogen and oxygen atoms in total. The first-order valence-electron chi connectivity index (χ1n) is 7.49. The lowest BCUT2D eigenvalue weighted by Gasteiger charge is -2.25. The zero-order valence-corrected chi connectivity index (χ0v) is 14.2. The molecule has 2 amide bonds. The number of primary amides is 1. The molecule has 0 aliphatic heterocycles. The number of carbonyl (C=O) groups is 2. The Hall–Kier alpha value is -2.78. The van der Waals surface area contributed by atoms with E-state index < -0.39 is 23.6 Å². The number of rotatable bonds is 7. The molecule has 0 saturated carbocycles. The third kappa shape index (κ3) is 6.55. The smallest absolute Gasteiger partial charge is 0.408 e. The second kappa shape index (κ2) is 8.18. The molecule has 0 saturated heterocycles. The van der Waals surface area contributed by atoms with Crippen LogP contribution < -0.4 is 21.8 Å². The first-order valence-corrected chi connectivity index (χ1v) is 7.49. The summed E-state index contributed by atoms with van der Waals surface area (Å²) in [5, 5.41) is 11.5. The van der Waals surface area contributed by atoms with Gasteiger partial charge in [-0.2, -0.15) is 0 Å². The van der Waals surface area contributed by atoms with Crippen molar-refractivity contribution in [3.63, 3.8) is 0 Å². The summed E-state index contributed by atoms with van der Waals surface area (Å²) in [6, 6.07) is -0.864. The lowest BCUT2D eigenvalue weighted by atomic mass is 10.1. The quantitative estimate of drug-likeness (QED) is 0.401. The van der Waals surface area contributed by atoms with Crippen LogP contribution in [0.25, 0.3) is 0 Å². The van der Waals surface area contributed by atoms with Crippen LogP contribution in [0.5, 0.6) is 0 Å². The summed E-state index contributed by atoms with van der Waals surface area (Å²) < 4.78 is 6.67. The molecule has 0 bridgehead atoms. The van der Waals surface area contributed by atoms with Crippen molar-refractivity contribution < 1.29 is 14.3 Å². The van der Waals surface area contributed by atoms with E-state index in [9.17, 15) is 9.59 Å². The van der Waals surface area contributed by atoms with Crippen LogP contribution >= 0.6 is 0 Å². The van der Waals surface area contributed by atoms with Crippen LogP contribution in [0.15, 0.2) is 18.7 Å². The van der Waals surface area contributed by atoms with Gasteiger partial charge in [-0.3, -0.25) is 10.2 Å². The largest absolute Gasteiger partial charge is 0.444 e. The highest BCUT2D eigenvalue weighted by Gasteiger charge is 2.22. The van der Waals surface area contributed by atoms with E-state index in [-0.39, 0.29) is 12.4 Å². The first kappa shape index (κ1) is 19.3. The third-order valence-electron chi connectivity index (χ3n) is 2.94. The van der Waals surface area contributed by atoms with Crippen molar-refractivity contribution in [2.45, 2.75) is 45.3 Å². The molecule has 0 unspecified atom stereocenters. The standard InChI is InChI=1S/C14H25N7O3/c1-14(2,3)24-13(23)19-10(11(15)22)5-4-7-21(12(16)17)20-8-6-18-9-20/h6,8-10H,4-5,7H2,1-3H3,(H2,15,22)(H3,16,17)(H,19,23)/t10-/m0/s1. The number of carbonyl (C=O) groups excluding carboxylic acids is 2. The van der Waals surface area contributed by atoms with E-state index in [1.807, 2.05) is 0 Å². The minimum atomic E-state index is -0.864. The maximum atomic E-state index is 11.7. The Bertz CT molecular complexity index is 565. The van der Waals surface area contributed by atoms with Gasteiger partial charge >= 0.3 is 6.09 Å². The summed E-state index contributed by atoms with van der Waals surface area (Å²) in [4.78, 5) is 27.1. The Labute approximate surface area is 140 Å². The number of aromatic nitrogens is 2. The Morgan fingerprint density at radius 3 is 2.54 bits per heavy atom. The van der Waals surface area contributed by atoms with Crippen LogP contribution in [0.1, 0.15) is 33.6 Å². The molecule has 0 radical (unpaired) electrons. The topological polar surface area (TPSA) is 152 Å².